The first-order valence-corrected chi connectivity index (χ1v) is 6.76. The van der Waals surface area contributed by atoms with Crippen LogP contribution in [0.15, 0.2) is 21.2 Å². The number of halogens is 2. The molecule has 15 heavy (non-hydrogen) atoms. The van der Waals surface area contributed by atoms with Gasteiger partial charge < -0.3 is 4.90 Å². The highest BCUT2D eigenvalue weighted by atomic mass is 79.9. The van der Waals surface area contributed by atoms with Gasteiger partial charge in [0, 0.05) is 23.3 Å². The van der Waals surface area contributed by atoms with Crippen molar-refractivity contribution in [3.05, 3.63) is 21.2 Å². The second-order valence-corrected chi connectivity index (χ2v) is 5.27. The van der Waals surface area contributed by atoms with Crippen LogP contribution in [0.25, 0.3) is 0 Å². The lowest BCUT2D eigenvalue weighted by molar-refractivity contribution is 0.622. The van der Waals surface area contributed by atoms with Crippen molar-refractivity contribution in [2.75, 3.05) is 11.4 Å². The van der Waals surface area contributed by atoms with E-state index in [0.717, 1.165) is 27.7 Å². The third kappa shape index (κ3) is 3.18. The maximum Gasteiger partial charge on any atom is 0.143 e. The highest BCUT2D eigenvalue weighted by molar-refractivity contribution is 9.11. The molecular weight excluding hydrogens is 320 g/mol. The molecule has 4 heteroatoms. The quantitative estimate of drug-likeness (QED) is 0.818. The van der Waals surface area contributed by atoms with Crippen molar-refractivity contribution in [2.45, 2.75) is 33.2 Å². The van der Waals surface area contributed by atoms with Crippen LogP contribution in [0.4, 0.5) is 5.82 Å². The standard InChI is InChI=1S/C11H16Br2N2/c1-4-8(3)15(5-2)11-10(13)6-9(12)7-14-11/h6-8H,4-5H2,1-3H3. The molecule has 0 fully saturated rings. The van der Waals surface area contributed by atoms with Gasteiger partial charge in [0.2, 0.25) is 0 Å². The summed E-state index contributed by atoms with van der Waals surface area (Å²) in [6, 6.07) is 2.55. The summed E-state index contributed by atoms with van der Waals surface area (Å²) in [5.74, 6) is 1.02. The van der Waals surface area contributed by atoms with Gasteiger partial charge in [0.15, 0.2) is 0 Å². The summed E-state index contributed by atoms with van der Waals surface area (Å²) in [5, 5.41) is 0. The smallest absolute Gasteiger partial charge is 0.143 e. The largest absolute Gasteiger partial charge is 0.353 e. The fourth-order valence-corrected chi connectivity index (χ4v) is 2.72. The Morgan fingerprint density at radius 1 is 1.40 bits per heavy atom. The van der Waals surface area contributed by atoms with Crippen molar-refractivity contribution in [1.82, 2.24) is 4.98 Å². The van der Waals surface area contributed by atoms with Crippen LogP contribution in [0, 0.1) is 0 Å². The fourth-order valence-electron chi connectivity index (χ4n) is 1.51. The Bertz CT molecular complexity index is 328. The van der Waals surface area contributed by atoms with Crippen LogP contribution in [0.1, 0.15) is 27.2 Å². The number of anilines is 1. The molecule has 1 heterocycles. The van der Waals surface area contributed by atoms with Crippen molar-refractivity contribution in [3.8, 4) is 0 Å². The van der Waals surface area contributed by atoms with Gasteiger partial charge in [-0.1, -0.05) is 6.92 Å². The molecule has 0 radical (unpaired) electrons. The number of aromatic nitrogens is 1. The molecule has 0 N–H and O–H groups in total. The van der Waals surface area contributed by atoms with E-state index >= 15 is 0 Å². The summed E-state index contributed by atoms with van der Waals surface area (Å²) in [4.78, 5) is 6.75. The monoisotopic (exact) mass is 334 g/mol. The Hall–Kier alpha value is -0.0900. The molecule has 0 bridgehead atoms. The second kappa shape index (κ2) is 5.85. The number of hydrogen-bond donors (Lipinski definition) is 0. The Labute approximate surface area is 108 Å². The van der Waals surface area contributed by atoms with Gasteiger partial charge >= 0.3 is 0 Å². The van der Waals surface area contributed by atoms with Crippen molar-refractivity contribution in [3.63, 3.8) is 0 Å². The molecule has 2 nitrogen and oxygen atoms in total. The molecule has 1 aromatic rings. The van der Waals surface area contributed by atoms with Gasteiger partial charge in [-0.3, -0.25) is 0 Å². The van der Waals surface area contributed by atoms with Gasteiger partial charge in [-0.05, 0) is 58.2 Å². The maximum atomic E-state index is 4.45. The van der Waals surface area contributed by atoms with Crippen molar-refractivity contribution >= 4 is 37.7 Å². The summed E-state index contributed by atoms with van der Waals surface area (Å²) in [6.45, 7) is 7.55. The molecule has 0 aliphatic carbocycles. The van der Waals surface area contributed by atoms with E-state index in [1.165, 1.54) is 0 Å². The molecule has 84 valence electrons. The van der Waals surface area contributed by atoms with Crippen LogP contribution >= 0.6 is 31.9 Å². The van der Waals surface area contributed by atoms with E-state index in [4.69, 9.17) is 0 Å². The van der Waals surface area contributed by atoms with Crippen LogP contribution in [0.3, 0.4) is 0 Å². The van der Waals surface area contributed by atoms with Gasteiger partial charge in [0.25, 0.3) is 0 Å². The summed E-state index contributed by atoms with van der Waals surface area (Å²) >= 11 is 6.96. The summed E-state index contributed by atoms with van der Waals surface area (Å²) < 4.78 is 2.04. The van der Waals surface area contributed by atoms with Gasteiger partial charge in [-0.15, -0.1) is 0 Å². The number of pyridine rings is 1. The Balaban J connectivity index is 3.01. The van der Waals surface area contributed by atoms with E-state index < -0.39 is 0 Å². The minimum atomic E-state index is 0.514. The Morgan fingerprint density at radius 3 is 2.53 bits per heavy atom. The molecule has 0 saturated carbocycles. The molecule has 0 saturated heterocycles. The molecule has 0 aliphatic heterocycles. The molecule has 0 aliphatic rings. The van der Waals surface area contributed by atoms with E-state index in [1.807, 2.05) is 12.3 Å². The third-order valence-electron chi connectivity index (χ3n) is 2.52. The second-order valence-electron chi connectivity index (χ2n) is 3.50. The zero-order chi connectivity index (χ0) is 11.4. The van der Waals surface area contributed by atoms with Crippen LogP contribution in [0.5, 0.6) is 0 Å². The van der Waals surface area contributed by atoms with Crippen LogP contribution in [-0.4, -0.2) is 17.6 Å². The normalized spacial score (nSPS) is 12.6. The minimum Gasteiger partial charge on any atom is -0.353 e. The van der Waals surface area contributed by atoms with Crippen molar-refractivity contribution in [1.29, 1.82) is 0 Å². The highest BCUT2D eigenvalue weighted by Crippen LogP contribution is 2.28. The zero-order valence-electron chi connectivity index (χ0n) is 9.30. The predicted molar refractivity (Wildman–Crippen MR) is 72.4 cm³/mol. The summed E-state index contributed by atoms with van der Waals surface area (Å²) in [5.41, 5.74) is 0. The average molecular weight is 336 g/mol. The van der Waals surface area contributed by atoms with Gasteiger partial charge in [0.05, 0.1) is 4.47 Å². The van der Waals surface area contributed by atoms with E-state index in [9.17, 15) is 0 Å². The summed E-state index contributed by atoms with van der Waals surface area (Å²) in [7, 11) is 0. The van der Waals surface area contributed by atoms with Gasteiger partial charge in [0.1, 0.15) is 5.82 Å². The molecule has 1 atom stereocenters. The molecule has 0 aromatic carbocycles. The van der Waals surface area contributed by atoms with Crippen molar-refractivity contribution in [2.24, 2.45) is 0 Å². The van der Waals surface area contributed by atoms with Crippen LogP contribution in [0.2, 0.25) is 0 Å². The lowest BCUT2D eigenvalue weighted by atomic mass is 10.2. The van der Waals surface area contributed by atoms with E-state index in [-0.39, 0.29) is 0 Å². The highest BCUT2D eigenvalue weighted by Gasteiger charge is 2.15. The molecule has 1 unspecified atom stereocenters. The number of hydrogen-bond acceptors (Lipinski definition) is 2. The van der Waals surface area contributed by atoms with Gasteiger partial charge in [-0.2, -0.15) is 0 Å². The molecule has 0 spiro atoms. The predicted octanol–water partition coefficient (Wildman–Crippen LogP) is 4.23. The molecule has 0 amide bonds. The Morgan fingerprint density at radius 2 is 2.07 bits per heavy atom. The SMILES string of the molecule is CCC(C)N(CC)c1ncc(Br)cc1Br. The first kappa shape index (κ1) is 13.0. The Kier molecular flexibility index (Phi) is 5.06. The number of nitrogens with zero attached hydrogens (tertiary/aromatic N) is 2. The minimum absolute atomic E-state index is 0.514. The average Bonchev–Trinajstić information content (AvgIpc) is 2.21. The van der Waals surface area contributed by atoms with Crippen molar-refractivity contribution < 1.29 is 0 Å². The molecular formula is C11H16Br2N2. The van der Waals surface area contributed by atoms with E-state index in [2.05, 4.69) is 62.5 Å². The van der Waals surface area contributed by atoms with Crippen LogP contribution < -0.4 is 4.90 Å². The third-order valence-corrected chi connectivity index (χ3v) is 3.54. The maximum absolute atomic E-state index is 4.45. The topological polar surface area (TPSA) is 16.1 Å². The van der Waals surface area contributed by atoms with E-state index in [0.29, 0.717) is 6.04 Å². The lowest BCUT2D eigenvalue weighted by Crippen LogP contribution is -2.33. The first-order valence-electron chi connectivity index (χ1n) is 5.17. The first-order chi connectivity index (χ1) is 7.10. The number of rotatable bonds is 4. The fraction of sp³-hybridized carbons (Fsp3) is 0.545. The van der Waals surface area contributed by atoms with E-state index in [1.54, 1.807) is 0 Å². The lowest BCUT2D eigenvalue weighted by Gasteiger charge is -2.29. The van der Waals surface area contributed by atoms with Crippen LogP contribution in [-0.2, 0) is 0 Å². The molecule has 1 aromatic heterocycles. The molecule has 1 rings (SSSR count). The zero-order valence-corrected chi connectivity index (χ0v) is 12.5. The van der Waals surface area contributed by atoms with Gasteiger partial charge in [-0.25, -0.2) is 4.98 Å². The summed E-state index contributed by atoms with van der Waals surface area (Å²) in [6.07, 6.45) is 2.96.